The van der Waals surface area contributed by atoms with Gasteiger partial charge in [-0.25, -0.2) is 0 Å². The third kappa shape index (κ3) is 3.63. The van der Waals surface area contributed by atoms with Crippen LogP contribution in [0.5, 0.6) is 0 Å². The van der Waals surface area contributed by atoms with Crippen LogP contribution in [-0.4, -0.2) is 54.6 Å². The Morgan fingerprint density at radius 3 is 3.15 bits per heavy atom. The van der Waals surface area contributed by atoms with Gasteiger partial charge in [0.2, 0.25) is 0 Å². The van der Waals surface area contributed by atoms with Crippen molar-refractivity contribution in [1.82, 2.24) is 15.1 Å². The van der Waals surface area contributed by atoms with Crippen LogP contribution in [-0.2, 0) is 6.54 Å². The minimum atomic E-state index is 0.710. The molecular weight excluding hydrogens is 334 g/mol. The monoisotopic (exact) mass is 357 g/mol. The van der Waals surface area contributed by atoms with E-state index in [1.165, 1.54) is 48.4 Å². The van der Waals surface area contributed by atoms with Gasteiger partial charge in [-0.2, -0.15) is 0 Å². The molecule has 2 aliphatic rings. The highest BCUT2D eigenvalue weighted by Gasteiger charge is 2.33. The molecule has 1 aromatic heterocycles. The molecule has 3 nitrogen and oxygen atoms in total. The van der Waals surface area contributed by atoms with Crippen LogP contribution in [0, 0.1) is 0 Å². The zero-order chi connectivity index (χ0) is 13.9. The lowest BCUT2D eigenvalue weighted by Crippen LogP contribution is -2.55. The summed E-state index contributed by atoms with van der Waals surface area (Å²) in [7, 11) is 0. The molecule has 1 N–H and O–H groups in total. The van der Waals surface area contributed by atoms with Gasteiger partial charge in [0, 0.05) is 59.5 Å². The maximum Gasteiger partial charge on any atom is 0.0300 e. The minimum Gasteiger partial charge on any atom is -0.311 e. The largest absolute Gasteiger partial charge is 0.311 e. The van der Waals surface area contributed by atoms with Crippen molar-refractivity contribution in [3.63, 3.8) is 0 Å². The summed E-state index contributed by atoms with van der Waals surface area (Å²) in [6, 6.07) is 3.75. The predicted octanol–water partition coefficient (Wildman–Crippen LogP) is 2.77. The number of hydrogen-bond donors (Lipinski definition) is 1. The van der Waals surface area contributed by atoms with Gasteiger partial charge >= 0.3 is 0 Å². The fourth-order valence-corrected chi connectivity index (χ4v) is 4.86. The third-order valence-corrected chi connectivity index (χ3v) is 6.26. The average molecular weight is 358 g/mol. The number of thiophene rings is 1. The molecule has 0 aromatic carbocycles. The van der Waals surface area contributed by atoms with E-state index in [1.807, 2.05) is 11.3 Å². The number of fused-ring (bicyclic) bond motifs is 1. The molecule has 2 atom stereocenters. The van der Waals surface area contributed by atoms with Crippen LogP contribution < -0.4 is 5.32 Å². The standard InChI is InChI=1S/C15H24BrN3S/c1-12-9-19-5-2-3-14(19)10-18(12)6-4-17-8-15-7-13(16)11-20-15/h7,11-12,14,17H,2-6,8-10H2,1H3. The van der Waals surface area contributed by atoms with Gasteiger partial charge in [0.15, 0.2) is 0 Å². The van der Waals surface area contributed by atoms with Crippen LogP contribution in [0.3, 0.4) is 0 Å². The first-order valence-corrected chi connectivity index (χ1v) is 9.31. The summed E-state index contributed by atoms with van der Waals surface area (Å²) in [6.07, 6.45) is 2.80. The Morgan fingerprint density at radius 2 is 2.35 bits per heavy atom. The number of piperazine rings is 1. The summed E-state index contributed by atoms with van der Waals surface area (Å²) in [5.74, 6) is 0. The van der Waals surface area contributed by atoms with Crippen molar-refractivity contribution in [1.29, 1.82) is 0 Å². The molecule has 2 unspecified atom stereocenters. The summed E-state index contributed by atoms with van der Waals surface area (Å²) < 4.78 is 1.20. The average Bonchev–Trinajstić information content (AvgIpc) is 3.03. The second kappa shape index (κ2) is 6.88. The highest BCUT2D eigenvalue weighted by Crippen LogP contribution is 2.24. The van der Waals surface area contributed by atoms with Gasteiger partial charge in [-0.3, -0.25) is 9.80 Å². The Kier molecular flexibility index (Phi) is 5.15. The summed E-state index contributed by atoms with van der Waals surface area (Å²) in [6.45, 7) is 9.51. The van der Waals surface area contributed by atoms with E-state index in [4.69, 9.17) is 0 Å². The molecule has 2 fully saturated rings. The molecule has 0 amide bonds. The van der Waals surface area contributed by atoms with Crippen LogP contribution in [0.15, 0.2) is 15.9 Å². The van der Waals surface area contributed by atoms with Crippen molar-refractivity contribution in [3.05, 3.63) is 20.8 Å². The fraction of sp³-hybridized carbons (Fsp3) is 0.733. The normalized spacial score (nSPS) is 27.9. The topological polar surface area (TPSA) is 18.5 Å². The lowest BCUT2D eigenvalue weighted by atomic mass is 10.1. The van der Waals surface area contributed by atoms with E-state index in [0.29, 0.717) is 6.04 Å². The second-order valence-corrected chi connectivity index (χ2v) is 7.95. The maximum absolute atomic E-state index is 3.58. The van der Waals surface area contributed by atoms with Crippen molar-refractivity contribution in [2.45, 2.75) is 38.4 Å². The van der Waals surface area contributed by atoms with Gasteiger partial charge < -0.3 is 5.32 Å². The molecule has 2 aliphatic heterocycles. The van der Waals surface area contributed by atoms with E-state index in [-0.39, 0.29) is 0 Å². The smallest absolute Gasteiger partial charge is 0.0300 e. The molecule has 0 radical (unpaired) electrons. The maximum atomic E-state index is 3.58. The number of nitrogens with one attached hydrogen (secondary N) is 1. The quantitative estimate of drug-likeness (QED) is 0.817. The summed E-state index contributed by atoms with van der Waals surface area (Å²) in [4.78, 5) is 6.77. The van der Waals surface area contributed by atoms with E-state index in [2.05, 4.69) is 49.4 Å². The summed E-state index contributed by atoms with van der Waals surface area (Å²) in [5.41, 5.74) is 0. The molecule has 1 aromatic rings. The highest BCUT2D eigenvalue weighted by atomic mass is 79.9. The molecular formula is C15H24BrN3S. The lowest BCUT2D eigenvalue weighted by molar-refractivity contribution is 0.0603. The van der Waals surface area contributed by atoms with Crippen molar-refractivity contribution in [2.24, 2.45) is 0 Å². The van der Waals surface area contributed by atoms with Crippen molar-refractivity contribution < 1.29 is 0 Å². The molecule has 0 bridgehead atoms. The van der Waals surface area contributed by atoms with Crippen LogP contribution in [0.2, 0.25) is 0 Å². The van der Waals surface area contributed by atoms with Crippen molar-refractivity contribution >= 4 is 27.3 Å². The molecule has 0 saturated carbocycles. The number of hydrogen-bond acceptors (Lipinski definition) is 4. The van der Waals surface area contributed by atoms with Crippen LogP contribution >= 0.6 is 27.3 Å². The Bertz CT molecular complexity index is 437. The third-order valence-electron chi connectivity index (χ3n) is 4.56. The van der Waals surface area contributed by atoms with Gasteiger partial charge in [-0.15, -0.1) is 11.3 Å². The van der Waals surface area contributed by atoms with E-state index >= 15 is 0 Å². The summed E-state index contributed by atoms with van der Waals surface area (Å²) >= 11 is 5.33. The van der Waals surface area contributed by atoms with Gasteiger partial charge in [-0.1, -0.05) is 0 Å². The van der Waals surface area contributed by atoms with Crippen LogP contribution in [0.1, 0.15) is 24.6 Å². The van der Waals surface area contributed by atoms with Crippen LogP contribution in [0.4, 0.5) is 0 Å². The lowest BCUT2D eigenvalue weighted by Gasteiger charge is -2.42. The highest BCUT2D eigenvalue weighted by molar-refractivity contribution is 9.10. The number of halogens is 1. The first-order chi connectivity index (χ1) is 9.72. The van der Waals surface area contributed by atoms with Crippen molar-refractivity contribution in [3.8, 4) is 0 Å². The van der Waals surface area contributed by atoms with Gasteiger partial charge in [0.05, 0.1) is 0 Å². The van der Waals surface area contributed by atoms with Gasteiger partial charge in [-0.05, 0) is 48.3 Å². The fourth-order valence-electron chi connectivity index (χ4n) is 3.44. The molecule has 0 aliphatic carbocycles. The Balaban J connectivity index is 1.39. The van der Waals surface area contributed by atoms with Crippen LogP contribution in [0.25, 0.3) is 0 Å². The minimum absolute atomic E-state index is 0.710. The SMILES string of the molecule is CC1CN2CCCC2CN1CCNCc1cc(Br)cs1. The molecule has 20 heavy (non-hydrogen) atoms. The zero-order valence-electron chi connectivity index (χ0n) is 12.1. The first-order valence-electron chi connectivity index (χ1n) is 7.64. The van der Waals surface area contributed by atoms with E-state index in [0.717, 1.165) is 19.1 Å². The van der Waals surface area contributed by atoms with E-state index in [1.54, 1.807) is 0 Å². The van der Waals surface area contributed by atoms with Gasteiger partial charge in [0.25, 0.3) is 0 Å². The molecule has 2 saturated heterocycles. The Labute approximate surface area is 134 Å². The Hall–Kier alpha value is 0.0600. The molecule has 5 heteroatoms. The number of nitrogens with zero attached hydrogens (tertiary/aromatic N) is 2. The van der Waals surface area contributed by atoms with Gasteiger partial charge in [0.1, 0.15) is 0 Å². The predicted molar refractivity (Wildman–Crippen MR) is 89.4 cm³/mol. The Morgan fingerprint density at radius 1 is 1.45 bits per heavy atom. The number of rotatable bonds is 5. The first kappa shape index (κ1) is 15.0. The second-order valence-electron chi connectivity index (χ2n) is 6.04. The summed E-state index contributed by atoms with van der Waals surface area (Å²) in [5, 5.41) is 5.73. The molecule has 0 spiro atoms. The van der Waals surface area contributed by atoms with E-state index in [9.17, 15) is 0 Å². The molecule has 112 valence electrons. The zero-order valence-corrected chi connectivity index (χ0v) is 14.5. The van der Waals surface area contributed by atoms with Crippen molar-refractivity contribution in [2.75, 3.05) is 32.7 Å². The molecule has 3 rings (SSSR count). The van der Waals surface area contributed by atoms with E-state index < -0.39 is 0 Å². The molecule has 3 heterocycles.